The lowest BCUT2D eigenvalue weighted by atomic mass is 10.0. The van der Waals surface area contributed by atoms with Gasteiger partial charge in [0.2, 0.25) is 5.95 Å². The first kappa shape index (κ1) is 20.9. The normalized spacial score (nSPS) is 16.5. The predicted molar refractivity (Wildman–Crippen MR) is 102 cm³/mol. The SMILES string of the molecule is CC(C)c1cc(CNc2ncc(C(=O)N3CC[C@@H]3C)cn2)cc(OC(F)(F)F)c1. The lowest BCUT2D eigenvalue weighted by Gasteiger charge is -2.38. The molecule has 1 aromatic carbocycles. The van der Waals surface area contributed by atoms with Crippen LogP contribution in [0.15, 0.2) is 30.6 Å². The first-order valence-electron chi connectivity index (χ1n) is 9.39. The monoisotopic (exact) mass is 408 g/mol. The van der Waals surface area contributed by atoms with E-state index in [4.69, 9.17) is 0 Å². The summed E-state index contributed by atoms with van der Waals surface area (Å²) in [6.45, 7) is 6.71. The van der Waals surface area contributed by atoms with Crippen molar-refractivity contribution >= 4 is 11.9 Å². The number of halogens is 3. The lowest BCUT2D eigenvalue weighted by Crippen LogP contribution is -2.49. The van der Waals surface area contributed by atoms with E-state index < -0.39 is 6.36 Å². The maximum absolute atomic E-state index is 12.6. The molecule has 0 unspecified atom stereocenters. The Hall–Kier alpha value is -2.84. The molecule has 0 saturated carbocycles. The van der Waals surface area contributed by atoms with Gasteiger partial charge in [0.15, 0.2) is 0 Å². The number of hydrogen-bond acceptors (Lipinski definition) is 5. The minimum absolute atomic E-state index is 0.0379. The van der Waals surface area contributed by atoms with Gasteiger partial charge < -0.3 is 15.0 Å². The van der Waals surface area contributed by atoms with Gasteiger partial charge >= 0.3 is 6.36 Å². The number of aromatic nitrogens is 2. The summed E-state index contributed by atoms with van der Waals surface area (Å²) >= 11 is 0. The largest absolute Gasteiger partial charge is 0.573 e. The average Bonchev–Trinajstić information content (AvgIpc) is 2.64. The molecule has 29 heavy (non-hydrogen) atoms. The van der Waals surface area contributed by atoms with Crippen molar-refractivity contribution in [2.75, 3.05) is 11.9 Å². The molecule has 3 rings (SSSR count). The van der Waals surface area contributed by atoms with Gasteiger partial charge in [-0.05, 0) is 42.5 Å². The Morgan fingerprint density at radius 2 is 1.97 bits per heavy atom. The van der Waals surface area contributed by atoms with E-state index in [1.807, 2.05) is 26.8 Å². The number of carbonyl (C=O) groups is 1. The Balaban J connectivity index is 1.68. The van der Waals surface area contributed by atoms with Gasteiger partial charge in [0.25, 0.3) is 5.91 Å². The summed E-state index contributed by atoms with van der Waals surface area (Å²) in [6.07, 6.45) is -0.863. The molecule has 1 atom stereocenters. The van der Waals surface area contributed by atoms with Gasteiger partial charge in [-0.2, -0.15) is 0 Å². The van der Waals surface area contributed by atoms with Gasteiger partial charge in [-0.3, -0.25) is 4.79 Å². The standard InChI is InChI=1S/C20H23F3N4O2/c1-12(2)15-6-14(7-17(8-15)29-20(21,22)23)9-24-19-25-10-16(11-26-19)18(28)27-5-4-13(27)3/h6-8,10-13H,4-5,9H2,1-3H3,(H,24,25,26)/t13-/m0/s1. The number of rotatable bonds is 6. The fraction of sp³-hybridized carbons (Fsp3) is 0.450. The minimum atomic E-state index is -4.75. The van der Waals surface area contributed by atoms with Crippen LogP contribution in [0.2, 0.25) is 0 Å². The Morgan fingerprint density at radius 1 is 1.28 bits per heavy atom. The van der Waals surface area contributed by atoms with Crippen molar-refractivity contribution in [3.8, 4) is 5.75 Å². The van der Waals surface area contributed by atoms with Crippen molar-refractivity contribution in [2.24, 2.45) is 0 Å². The lowest BCUT2D eigenvalue weighted by molar-refractivity contribution is -0.274. The second kappa shape index (κ2) is 8.26. The molecule has 0 radical (unpaired) electrons. The topological polar surface area (TPSA) is 67.4 Å². The number of benzene rings is 1. The molecular weight excluding hydrogens is 385 g/mol. The first-order chi connectivity index (χ1) is 13.6. The number of carbonyl (C=O) groups excluding carboxylic acids is 1. The van der Waals surface area contributed by atoms with Crippen LogP contribution in [0.3, 0.4) is 0 Å². The molecule has 2 aromatic rings. The first-order valence-corrected chi connectivity index (χ1v) is 9.39. The Labute approximate surface area is 167 Å². The summed E-state index contributed by atoms with van der Waals surface area (Å²) in [5.41, 5.74) is 1.74. The second-order valence-corrected chi connectivity index (χ2v) is 7.40. The van der Waals surface area contributed by atoms with Gasteiger partial charge in [0, 0.05) is 31.5 Å². The molecule has 9 heteroatoms. The molecule has 1 fully saturated rings. The Bertz CT molecular complexity index is 869. The highest BCUT2D eigenvalue weighted by molar-refractivity contribution is 5.94. The molecule has 0 spiro atoms. The smallest absolute Gasteiger partial charge is 0.406 e. The molecule has 1 aromatic heterocycles. The Kier molecular flexibility index (Phi) is 5.95. The third-order valence-electron chi connectivity index (χ3n) is 4.82. The highest BCUT2D eigenvalue weighted by atomic mass is 19.4. The molecule has 1 aliphatic rings. The summed E-state index contributed by atoms with van der Waals surface area (Å²) in [5.74, 6) is -0.0395. The molecule has 1 amide bonds. The highest BCUT2D eigenvalue weighted by Gasteiger charge is 2.31. The fourth-order valence-electron chi connectivity index (χ4n) is 3.01. The molecule has 156 valence electrons. The fourth-order valence-corrected chi connectivity index (χ4v) is 3.01. The minimum Gasteiger partial charge on any atom is -0.406 e. The quantitative estimate of drug-likeness (QED) is 0.770. The summed E-state index contributed by atoms with van der Waals surface area (Å²) in [5, 5.41) is 2.97. The average molecular weight is 408 g/mol. The van der Waals surface area contributed by atoms with Crippen LogP contribution < -0.4 is 10.1 Å². The van der Waals surface area contributed by atoms with Gasteiger partial charge in [0.1, 0.15) is 5.75 Å². The van der Waals surface area contributed by atoms with Gasteiger partial charge in [-0.25, -0.2) is 9.97 Å². The van der Waals surface area contributed by atoms with Crippen LogP contribution in [0.5, 0.6) is 5.75 Å². The molecule has 1 saturated heterocycles. The van der Waals surface area contributed by atoms with Crippen molar-refractivity contribution in [3.05, 3.63) is 47.3 Å². The van der Waals surface area contributed by atoms with Crippen molar-refractivity contribution in [1.82, 2.24) is 14.9 Å². The van der Waals surface area contributed by atoms with Crippen LogP contribution in [0.4, 0.5) is 19.1 Å². The van der Waals surface area contributed by atoms with Crippen LogP contribution in [0, 0.1) is 0 Å². The number of alkyl halides is 3. The van der Waals surface area contributed by atoms with Gasteiger partial charge in [-0.1, -0.05) is 19.9 Å². The van der Waals surface area contributed by atoms with Gasteiger partial charge in [-0.15, -0.1) is 13.2 Å². The van der Waals surface area contributed by atoms with E-state index in [9.17, 15) is 18.0 Å². The van der Waals surface area contributed by atoms with E-state index in [1.165, 1.54) is 24.5 Å². The molecule has 1 N–H and O–H groups in total. The summed E-state index contributed by atoms with van der Waals surface area (Å²) in [7, 11) is 0. The van der Waals surface area contributed by atoms with Crippen molar-refractivity contribution in [3.63, 3.8) is 0 Å². The molecule has 0 bridgehead atoms. The van der Waals surface area contributed by atoms with E-state index >= 15 is 0 Å². The van der Waals surface area contributed by atoms with Crippen molar-refractivity contribution < 1.29 is 22.7 Å². The van der Waals surface area contributed by atoms with Gasteiger partial charge in [0.05, 0.1) is 5.56 Å². The van der Waals surface area contributed by atoms with Crippen LogP contribution in [0.1, 0.15) is 54.6 Å². The number of ether oxygens (including phenoxy) is 1. The van der Waals surface area contributed by atoms with Crippen molar-refractivity contribution in [2.45, 2.75) is 52.1 Å². The molecule has 1 aliphatic heterocycles. The van der Waals surface area contributed by atoms with Crippen LogP contribution in [0.25, 0.3) is 0 Å². The van der Waals surface area contributed by atoms with E-state index in [2.05, 4.69) is 20.0 Å². The van der Waals surface area contributed by atoms with Crippen LogP contribution in [-0.2, 0) is 6.54 Å². The van der Waals surface area contributed by atoms with E-state index in [0.717, 1.165) is 18.5 Å². The van der Waals surface area contributed by atoms with Crippen molar-refractivity contribution in [1.29, 1.82) is 0 Å². The van der Waals surface area contributed by atoms with E-state index in [-0.39, 0.29) is 36.1 Å². The van der Waals surface area contributed by atoms with E-state index in [1.54, 1.807) is 4.90 Å². The molecule has 2 heterocycles. The zero-order valence-electron chi connectivity index (χ0n) is 16.5. The third-order valence-corrected chi connectivity index (χ3v) is 4.82. The molecule has 6 nitrogen and oxygen atoms in total. The number of nitrogens with one attached hydrogen (secondary N) is 1. The zero-order valence-corrected chi connectivity index (χ0v) is 16.5. The summed E-state index contributed by atoms with van der Waals surface area (Å²) < 4.78 is 41.8. The highest BCUT2D eigenvalue weighted by Crippen LogP contribution is 2.28. The Morgan fingerprint density at radius 3 is 2.48 bits per heavy atom. The summed E-state index contributed by atoms with van der Waals surface area (Å²) in [4.78, 5) is 22.3. The maximum atomic E-state index is 12.6. The predicted octanol–water partition coefficient (Wildman–Crippen LogP) is 4.35. The van der Waals surface area contributed by atoms with Crippen LogP contribution >= 0.6 is 0 Å². The maximum Gasteiger partial charge on any atom is 0.573 e. The number of likely N-dealkylation sites (tertiary alicyclic amines) is 1. The number of anilines is 1. The summed E-state index contributed by atoms with van der Waals surface area (Å²) in [6, 6.07) is 4.75. The number of amides is 1. The third kappa shape index (κ3) is 5.36. The number of nitrogens with zero attached hydrogens (tertiary/aromatic N) is 3. The second-order valence-electron chi connectivity index (χ2n) is 7.40. The van der Waals surface area contributed by atoms with E-state index in [0.29, 0.717) is 11.1 Å². The zero-order chi connectivity index (χ0) is 21.2. The molecular formula is C20H23F3N4O2. The molecule has 0 aliphatic carbocycles. The number of hydrogen-bond donors (Lipinski definition) is 1. The van der Waals surface area contributed by atoms with Crippen LogP contribution in [-0.4, -0.2) is 39.7 Å².